The summed E-state index contributed by atoms with van der Waals surface area (Å²) in [5.74, 6) is 0.569. The van der Waals surface area contributed by atoms with Crippen LogP contribution in [0.5, 0.6) is 0 Å². The number of hydrogen-bond donors (Lipinski definition) is 2. The van der Waals surface area contributed by atoms with Crippen molar-refractivity contribution >= 4 is 6.03 Å². The van der Waals surface area contributed by atoms with E-state index >= 15 is 0 Å². The van der Waals surface area contributed by atoms with Crippen LogP contribution in [0.25, 0.3) is 0 Å². The van der Waals surface area contributed by atoms with Crippen molar-refractivity contribution in [3.8, 4) is 0 Å². The van der Waals surface area contributed by atoms with Gasteiger partial charge in [-0.3, -0.25) is 0 Å². The van der Waals surface area contributed by atoms with Gasteiger partial charge in [0.05, 0.1) is 6.04 Å². The Hall–Kier alpha value is -1.51. The maximum Gasteiger partial charge on any atom is 0.315 e. The smallest absolute Gasteiger partial charge is 0.315 e. The Morgan fingerprint density at radius 1 is 1.21 bits per heavy atom. The lowest BCUT2D eigenvalue weighted by Crippen LogP contribution is -2.39. The maximum atomic E-state index is 11.9. The number of rotatable bonds is 6. The lowest BCUT2D eigenvalue weighted by atomic mass is 10.0. The lowest BCUT2D eigenvalue weighted by Gasteiger charge is -2.18. The van der Waals surface area contributed by atoms with Gasteiger partial charge in [-0.25, -0.2) is 4.79 Å². The Morgan fingerprint density at radius 3 is 2.42 bits per heavy atom. The predicted molar refractivity (Wildman–Crippen MR) is 80.2 cm³/mol. The molecule has 0 radical (unpaired) electrons. The first-order valence-corrected chi connectivity index (χ1v) is 7.18. The van der Waals surface area contributed by atoms with E-state index in [-0.39, 0.29) is 12.1 Å². The third-order valence-corrected chi connectivity index (χ3v) is 3.71. The molecule has 0 heterocycles. The van der Waals surface area contributed by atoms with Crippen molar-refractivity contribution in [2.45, 2.75) is 46.6 Å². The Kier molecular flexibility index (Phi) is 6.40. The number of carbonyl (C=O) groups excluding carboxylic acids is 1. The molecule has 0 aromatic heterocycles. The van der Waals surface area contributed by atoms with E-state index in [4.69, 9.17) is 0 Å². The number of urea groups is 1. The average Bonchev–Trinajstić information content (AvgIpc) is 2.40. The van der Waals surface area contributed by atoms with Gasteiger partial charge in [-0.1, -0.05) is 51.0 Å². The highest BCUT2D eigenvalue weighted by Gasteiger charge is 2.12. The summed E-state index contributed by atoms with van der Waals surface area (Å²) >= 11 is 0. The van der Waals surface area contributed by atoms with E-state index in [0.29, 0.717) is 5.92 Å². The van der Waals surface area contributed by atoms with Gasteiger partial charge in [-0.05, 0) is 30.9 Å². The number of benzene rings is 1. The molecule has 1 rings (SSSR count). The van der Waals surface area contributed by atoms with Crippen LogP contribution in [0.1, 0.15) is 50.8 Å². The highest BCUT2D eigenvalue weighted by molar-refractivity contribution is 5.74. The van der Waals surface area contributed by atoms with Gasteiger partial charge in [0.2, 0.25) is 0 Å². The van der Waals surface area contributed by atoms with Crippen LogP contribution in [0.2, 0.25) is 0 Å². The summed E-state index contributed by atoms with van der Waals surface area (Å²) in [5.41, 5.74) is 2.37. The number of hydrogen-bond acceptors (Lipinski definition) is 1. The number of nitrogens with one attached hydrogen (secondary N) is 2. The molecule has 1 unspecified atom stereocenters. The fourth-order valence-electron chi connectivity index (χ4n) is 2.21. The molecule has 1 aromatic rings. The van der Waals surface area contributed by atoms with Crippen LogP contribution in [-0.4, -0.2) is 12.6 Å². The summed E-state index contributed by atoms with van der Waals surface area (Å²) in [6.45, 7) is 9.14. The fraction of sp³-hybridized carbons (Fsp3) is 0.562. The molecule has 106 valence electrons. The SMILES string of the molecule is CCC(CC)CNC(=O)NC(C)c1ccccc1C. The van der Waals surface area contributed by atoms with E-state index in [0.717, 1.165) is 19.4 Å². The van der Waals surface area contributed by atoms with Crippen LogP contribution in [0.15, 0.2) is 24.3 Å². The van der Waals surface area contributed by atoms with Crippen LogP contribution in [0.4, 0.5) is 4.79 Å². The topological polar surface area (TPSA) is 41.1 Å². The monoisotopic (exact) mass is 262 g/mol. The summed E-state index contributed by atoms with van der Waals surface area (Å²) < 4.78 is 0. The second-order valence-electron chi connectivity index (χ2n) is 5.12. The normalized spacial score (nSPS) is 12.3. The fourth-order valence-corrected chi connectivity index (χ4v) is 2.21. The van der Waals surface area contributed by atoms with Crippen LogP contribution >= 0.6 is 0 Å². The summed E-state index contributed by atoms with van der Waals surface area (Å²) in [7, 11) is 0. The third-order valence-electron chi connectivity index (χ3n) is 3.71. The first kappa shape index (κ1) is 15.5. The van der Waals surface area contributed by atoms with E-state index in [9.17, 15) is 4.79 Å². The van der Waals surface area contributed by atoms with E-state index in [1.807, 2.05) is 19.1 Å². The van der Waals surface area contributed by atoms with Gasteiger partial charge in [-0.15, -0.1) is 0 Å². The van der Waals surface area contributed by atoms with Crippen molar-refractivity contribution in [1.82, 2.24) is 10.6 Å². The van der Waals surface area contributed by atoms with Crippen molar-refractivity contribution in [1.29, 1.82) is 0 Å². The molecule has 0 saturated heterocycles. The van der Waals surface area contributed by atoms with Crippen molar-refractivity contribution in [2.24, 2.45) is 5.92 Å². The second-order valence-corrected chi connectivity index (χ2v) is 5.12. The molecule has 2 amide bonds. The van der Waals surface area contributed by atoms with Gasteiger partial charge in [0.15, 0.2) is 0 Å². The highest BCUT2D eigenvalue weighted by Crippen LogP contribution is 2.16. The molecule has 1 atom stereocenters. The Bertz CT molecular complexity index is 399. The van der Waals surface area contributed by atoms with Crippen molar-refractivity contribution < 1.29 is 4.79 Å². The van der Waals surface area contributed by atoms with Crippen LogP contribution < -0.4 is 10.6 Å². The molecule has 0 aliphatic carbocycles. The molecule has 3 heteroatoms. The Morgan fingerprint density at radius 2 is 1.84 bits per heavy atom. The quantitative estimate of drug-likeness (QED) is 0.804. The van der Waals surface area contributed by atoms with Gasteiger partial charge in [0, 0.05) is 6.54 Å². The van der Waals surface area contributed by atoms with Crippen LogP contribution in [0.3, 0.4) is 0 Å². The minimum atomic E-state index is -0.0809. The minimum absolute atomic E-state index is 0.0305. The van der Waals surface area contributed by atoms with Crippen molar-refractivity contribution in [2.75, 3.05) is 6.54 Å². The predicted octanol–water partition coefficient (Wildman–Crippen LogP) is 3.79. The molecule has 19 heavy (non-hydrogen) atoms. The highest BCUT2D eigenvalue weighted by atomic mass is 16.2. The molecule has 0 bridgehead atoms. The van der Waals surface area contributed by atoms with E-state index in [1.54, 1.807) is 0 Å². The molecule has 0 spiro atoms. The minimum Gasteiger partial charge on any atom is -0.338 e. The van der Waals surface area contributed by atoms with Gasteiger partial charge < -0.3 is 10.6 Å². The average molecular weight is 262 g/mol. The van der Waals surface area contributed by atoms with E-state index in [1.165, 1.54) is 11.1 Å². The number of carbonyl (C=O) groups is 1. The zero-order chi connectivity index (χ0) is 14.3. The molecule has 3 nitrogen and oxygen atoms in total. The molecule has 0 aliphatic rings. The van der Waals surface area contributed by atoms with Crippen LogP contribution in [-0.2, 0) is 0 Å². The second kappa shape index (κ2) is 7.82. The summed E-state index contributed by atoms with van der Waals surface area (Å²) in [6.07, 6.45) is 2.20. The summed E-state index contributed by atoms with van der Waals surface area (Å²) in [6, 6.07) is 8.09. The first-order valence-electron chi connectivity index (χ1n) is 7.18. The molecular weight excluding hydrogens is 236 g/mol. The molecular formula is C16H26N2O. The van der Waals surface area contributed by atoms with Gasteiger partial charge in [-0.2, -0.15) is 0 Å². The van der Waals surface area contributed by atoms with Gasteiger partial charge in [0.25, 0.3) is 0 Å². The van der Waals surface area contributed by atoms with Crippen molar-refractivity contribution in [3.05, 3.63) is 35.4 Å². The van der Waals surface area contributed by atoms with Gasteiger partial charge in [0.1, 0.15) is 0 Å². The van der Waals surface area contributed by atoms with Gasteiger partial charge >= 0.3 is 6.03 Å². The van der Waals surface area contributed by atoms with E-state index < -0.39 is 0 Å². The van der Waals surface area contributed by atoms with E-state index in [2.05, 4.69) is 43.5 Å². The number of aryl methyl sites for hydroxylation is 1. The summed E-state index contributed by atoms with van der Waals surface area (Å²) in [4.78, 5) is 11.9. The third kappa shape index (κ3) is 4.93. The first-order chi connectivity index (χ1) is 9.08. The summed E-state index contributed by atoms with van der Waals surface area (Å²) in [5, 5.41) is 5.95. The molecule has 0 fully saturated rings. The largest absolute Gasteiger partial charge is 0.338 e. The lowest BCUT2D eigenvalue weighted by molar-refractivity contribution is 0.235. The maximum absolute atomic E-state index is 11.9. The van der Waals surface area contributed by atoms with Crippen LogP contribution in [0, 0.1) is 12.8 Å². The molecule has 1 aromatic carbocycles. The zero-order valence-corrected chi connectivity index (χ0v) is 12.5. The Balaban J connectivity index is 2.46. The number of amides is 2. The molecule has 2 N–H and O–H groups in total. The van der Waals surface area contributed by atoms with Crippen molar-refractivity contribution in [3.63, 3.8) is 0 Å². The molecule has 0 aliphatic heterocycles. The zero-order valence-electron chi connectivity index (χ0n) is 12.5. The molecule has 0 saturated carbocycles. The standard InChI is InChI=1S/C16H26N2O/c1-5-14(6-2)11-17-16(19)18-13(4)15-10-8-7-9-12(15)3/h7-10,13-14H,5-6,11H2,1-4H3,(H2,17,18,19). The Labute approximate surface area is 116 Å².